The Morgan fingerprint density at radius 2 is 1.62 bits per heavy atom. The number of hydrogen-bond acceptors (Lipinski definition) is 3. The molecular weight excluding hydrogens is 330 g/mol. The first kappa shape index (κ1) is 18.0. The molecule has 2 aromatic carbocycles. The highest BCUT2D eigenvalue weighted by Gasteiger charge is 2.40. The number of amides is 1. The zero-order chi connectivity index (χ0) is 18.4. The third kappa shape index (κ3) is 4.04. The number of nitrogens with one attached hydrogen (secondary N) is 1. The molecule has 2 aromatic rings. The quantitative estimate of drug-likeness (QED) is 0.823. The normalized spacial score (nSPS) is 15.8. The van der Waals surface area contributed by atoms with Crippen LogP contribution < -0.4 is 10.1 Å². The lowest BCUT2D eigenvalue weighted by Crippen LogP contribution is -2.42. The second-order valence-corrected chi connectivity index (χ2v) is 6.67. The van der Waals surface area contributed by atoms with Gasteiger partial charge in [-0.1, -0.05) is 49.6 Å². The Morgan fingerprint density at radius 3 is 2.23 bits per heavy atom. The minimum Gasteiger partial charge on any atom is -0.482 e. The average molecular weight is 353 g/mol. The molecule has 5 heteroatoms. The lowest BCUT2D eigenvalue weighted by molar-refractivity contribution is -0.139. The van der Waals surface area contributed by atoms with Crippen molar-refractivity contribution < 1.29 is 19.4 Å². The zero-order valence-electron chi connectivity index (χ0n) is 14.6. The van der Waals surface area contributed by atoms with Crippen molar-refractivity contribution in [3.63, 3.8) is 0 Å². The molecule has 0 aromatic heterocycles. The van der Waals surface area contributed by atoms with Crippen molar-refractivity contribution >= 4 is 17.6 Å². The molecule has 0 spiro atoms. The first-order chi connectivity index (χ1) is 12.6. The Labute approximate surface area is 153 Å². The van der Waals surface area contributed by atoms with E-state index in [1.54, 1.807) is 24.3 Å². The number of carboxylic acids is 1. The lowest BCUT2D eigenvalue weighted by Gasteiger charge is -2.36. The second-order valence-electron chi connectivity index (χ2n) is 6.67. The predicted molar refractivity (Wildman–Crippen MR) is 99.4 cm³/mol. The number of ether oxygens (including phenoxy) is 1. The molecule has 0 atom stereocenters. The minimum atomic E-state index is -1.02. The van der Waals surface area contributed by atoms with E-state index in [0.29, 0.717) is 11.4 Å². The minimum absolute atomic E-state index is 0.0163. The summed E-state index contributed by atoms with van der Waals surface area (Å²) in [6.45, 7) is -0.386. The van der Waals surface area contributed by atoms with Gasteiger partial charge in [-0.2, -0.15) is 0 Å². The molecule has 0 heterocycles. The molecule has 1 fully saturated rings. The van der Waals surface area contributed by atoms with Gasteiger partial charge < -0.3 is 15.2 Å². The standard InChI is InChI=1S/C21H23NO4/c23-19(24)15-26-18-11-9-17(10-12-18)22-20(25)21(13-5-2-6-14-21)16-7-3-1-4-8-16/h1,3-4,7-12H,2,5-6,13-15H2,(H,22,25)(H,23,24). The van der Waals surface area contributed by atoms with E-state index >= 15 is 0 Å². The van der Waals surface area contributed by atoms with E-state index in [4.69, 9.17) is 9.84 Å². The first-order valence-electron chi connectivity index (χ1n) is 8.92. The smallest absolute Gasteiger partial charge is 0.341 e. The highest BCUT2D eigenvalue weighted by molar-refractivity contribution is 5.99. The highest BCUT2D eigenvalue weighted by atomic mass is 16.5. The summed E-state index contributed by atoms with van der Waals surface area (Å²) in [7, 11) is 0. The molecular formula is C21H23NO4. The molecule has 0 saturated heterocycles. The van der Waals surface area contributed by atoms with Crippen LogP contribution in [0.5, 0.6) is 5.75 Å². The fourth-order valence-corrected chi connectivity index (χ4v) is 3.59. The van der Waals surface area contributed by atoms with Gasteiger partial charge in [-0.3, -0.25) is 4.79 Å². The lowest BCUT2D eigenvalue weighted by atomic mass is 9.68. The molecule has 1 saturated carbocycles. The number of aliphatic carboxylic acids is 1. The highest BCUT2D eigenvalue weighted by Crippen LogP contribution is 2.40. The molecule has 1 aliphatic carbocycles. The van der Waals surface area contributed by atoms with E-state index in [-0.39, 0.29) is 12.5 Å². The third-order valence-electron chi connectivity index (χ3n) is 4.94. The van der Waals surface area contributed by atoms with Crippen molar-refractivity contribution in [1.29, 1.82) is 0 Å². The Hall–Kier alpha value is -2.82. The van der Waals surface area contributed by atoms with Gasteiger partial charge in [0.1, 0.15) is 5.75 Å². The Morgan fingerprint density at radius 1 is 0.962 bits per heavy atom. The fourth-order valence-electron chi connectivity index (χ4n) is 3.59. The number of carboxylic acid groups (broad SMARTS) is 1. The molecule has 136 valence electrons. The van der Waals surface area contributed by atoms with Crippen LogP contribution in [0.15, 0.2) is 54.6 Å². The molecule has 1 aliphatic rings. The molecule has 0 radical (unpaired) electrons. The van der Waals surface area contributed by atoms with Crippen LogP contribution in [0.4, 0.5) is 5.69 Å². The second kappa shape index (κ2) is 8.04. The largest absolute Gasteiger partial charge is 0.482 e. The summed E-state index contributed by atoms with van der Waals surface area (Å²) >= 11 is 0. The first-order valence-corrected chi connectivity index (χ1v) is 8.92. The van der Waals surface area contributed by atoms with Crippen molar-refractivity contribution in [1.82, 2.24) is 0 Å². The van der Waals surface area contributed by atoms with Crippen molar-refractivity contribution in [2.45, 2.75) is 37.5 Å². The van der Waals surface area contributed by atoms with Crippen molar-refractivity contribution in [2.75, 3.05) is 11.9 Å². The van der Waals surface area contributed by atoms with E-state index in [2.05, 4.69) is 5.32 Å². The van der Waals surface area contributed by atoms with E-state index in [1.165, 1.54) is 0 Å². The summed E-state index contributed by atoms with van der Waals surface area (Å²) in [5, 5.41) is 11.7. The average Bonchev–Trinajstić information content (AvgIpc) is 2.68. The summed E-state index contributed by atoms with van der Waals surface area (Å²) in [6.07, 6.45) is 4.96. The fraction of sp³-hybridized carbons (Fsp3) is 0.333. The van der Waals surface area contributed by atoms with Gasteiger partial charge in [0.05, 0.1) is 5.41 Å². The number of carbonyl (C=O) groups excluding carboxylic acids is 1. The maximum Gasteiger partial charge on any atom is 0.341 e. The van der Waals surface area contributed by atoms with E-state index in [1.807, 2.05) is 30.3 Å². The Kier molecular flexibility index (Phi) is 5.56. The SMILES string of the molecule is O=C(O)COc1ccc(NC(=O)C2(c3ccccc3)CCCCC2)cc1. The van der Waals surface area contributed by atoms with E-state index < -0.39 is 11.4 Å². The third-order valence-corrected chi connectivity index (χ3v) is 4.94. The number of rotatable bonds is 6. The molecule has 1 amide bonds. The van der Waals surface area contributed by atoms with Crippen LogP contribution >= 0.6 is 0 Å². The van der Waals surface area contributed by atoms with Crippen LogP contribution in [-0.4, -0.2) is 23.6 Å². The van der Waals surface area contributed by atoms with E-state index in [0.717, 1.165) is 37.7 Å². The zero-order valence-corrected chi connectivity index (χ0v) is 14.6. The summed E-state index contributed by atoms with van der Waals surface area (Å²) in [5.41, 5.74) is 1.26. The van der Waals surface area contributed by atoms with Gasteiger partial charge in [-0.05, 0) is 42.7 Å². The van der Waals surface area contributed by atoms with Crippen LogP contribution in [-0.2, 0) is 15.0 Å². The van der Waals surface area contributed by atoms with Crippen molar-refractivity contribution in [2.24, 2.45) is 0 Å². The van der Waals surface area contributed by atoms with Crippen LogP contribution in [0.1, 0.15) is 37.7 Å². The van der Waals surface area contributed by atoms with Crippen LogP contribution in [0.2, 0.25) is 0 Å². The van der Waals surface area contributed by atoms with Gasteiger partial charge >= 0.3 is 5.97 Å². The summed E-state index contributed by atoms with van der Waals surface area (Å²) in [6, 6.07) is 16.8. The van der Waals surface area contributed by atoms with Crippen LogP contribution in [0, 0.1) is 0 Å². The van der Waals surface area contributed by atoms with Gasteiger partial charge in [0.15, 0.2) is 6.61 Å². The maximum absolute atomic E-state index is 13.2. The molecule has 5 nitrogen and oxygen atoms in total. The number of anilines is 1. The van der Waals surface area contributed by atoms with Gasteiger partial charge in [-0.15, -0.1) is 0 Å². The molecule has 0 bridgehead atoms. The van der Waals surface area contributed by atoms with Gasteiger partial charge in [-0.25, -0.2) is 4.79 Å². The monoisotopic (exact) mass is 353 g/mol. The maximum atomic E-state index is 13.2. The van der Waals surface area contributed by atoms with Crippen molar-refractivity contribution in [3.8, 4) is 5.75 Å². The predicted octanol–water partition coefficient (Wildman–Crippen LogP) is 3.99. The Bertz CT molecular complexity index is 749. The van der Waals surface area contributed by atoms with E-state index in [9.17, 15) is 9.59 Å². The molecule has 26 heavy (non-hydrogen) atoms. The number of hydrogen-bond donors (Lipinski definition) is 2. The topological polar surface area (TPSA) is 75.6 Å². The number of benzene rings is 2. The summed E-state index contributed by atoms with van der Waals surface area (Å²) < 4.78 is 5.12. The van der Waals surface area contributed by atoms with Crippen molar-refractivity contribution in [3.05, 3.63) is 60.2 Å². The molecule has 0 unspecified atom stereocenters. The summed E-state index contributed by atoms with van der Waals surface area (Å²) in [5.74, 6) is -0.548. The molecule has 2 N–H and O–H groups in total. The Balaban J connectivity index is 1.75. The molecule has 3 rings (SSSR count). The van der Waals surface area contributed by atoms with Gasteiger partial charge in [0.25, 0.3) is 0 Å². The van der Waals surface area contributed by atoms with Crippen LogP contribution in [0.3, 0.4) is 0 Å². The summed E-state index contributed by atoms with van der Waals surface area (Å²) in [4.78, 5) is 23.7. The number of carbonyl (C=O) groups is 2. The van der Waals surface area contributed by atoms with Crippen LogP contribution in [0.25, 0.3) is 0 Å². The van der Waals surface area contributed by atoms with Gasteiger partial charge in [0.2, 0.25) is 5.91 Å². The molecule has 0 aliphatic heterocycles. The van der Waals surface area contributed by atoms with Gasteiger partial charge in [0, 0.05) is 5.69 Å².